The summed E-state index contributed by atoms with van der Waals surface area (Å²) in [6.07, 6.45) is 0.998. The molecule has 0 aromatic carbocycles. The summed E-state index contributed by atoms with van der Waals surface area (Å²) in [4.78, 5) is 11.2. The van der Waals surface area contributed by atoms with Gasteiger partial charge < -0.3 is 19.5 Å². The predicted octanol–water partition coefficient (Wildman–Crippen LogP) is 0.582. The van der Waals surface area contributed by atoms with Crippen molar-refractivity contribution >= 4 is 5.91 Å². The van der Waals surface area contributed by atoms with Gasteiger partial charge in [0, 0.05) is 19.8 Å². The van der Waals surface area contributed by atoms with Crippen LogP contribution in [0.2, 0.25) is 0 Å². The summed E-state index contributed by atoms with van der Waals surface area (Å²) in [6.45, 7) is 7.53. The van der Waals surface area contributed by atoms with Crippen LogP contribution in [0.15, 0.2) is 0 Å². The summed E-state index contributed by atoms with van der Waals surface area (Å²) in [6, 6.07) is 0. The van der Waals surface area contributed by atoms with Gasteiger partial charge in [0.2, 0.25) is 5.91 Å². The summed E-state index contributed by atoms with van der Waals surface area (Å²) < 4.78 is 15.4. The normalized spacial score (nSPS) is 10.4. The molecule has 16 heavy (non-hydrogen) atoms. The van der Waals surface area contributed by atoms with Gasteiger partial charge in [-0.05, 0) is 13.3 Å². The monoisotopic (exact) mass is 233 g/mol. The maximum absolute atomic E-state index is 11.2. The SMILES string of the molecule is CCCOCCOCC(=O)NCCOCC. The van der Waals surface area contributed by atoms with E-state index in [9.17, 15) is 4.79 Å². The predicted molar refractivity (Wildman–Crippen MR) is 61.4 cm³/mol. The number of amides is 1. The van der Waals surface area contributed by atoms with Gasteiger partial charge in [0.25, 0.3) is 0 Å². The van der Waals surface area contributed by atoms with Crippen molar-refractivity contribution in [3.63, 3.8) is 0 Å². The third-order valence-electron chi connectivity index (χ3n) is 1.73. The summed E-state index contributed by atoms with van der Waals surface area (Å²) >= 11 is 0. The van der Waals surface area contributed by atoms with Crippen LogP contribution in [-0.4, -0.2) is 52.1 Å². The molecule has 0 fully saturated rings. The van der Waals surface area contributed by atoms with Crippen molar-refractivity contribution in [1.29, 1.82) is 0 Å². The van der Waals surface area contributed by atoms with Crippen LogP contribution in [0, 0.1) is 0 Å². The zero-order valence-electron chi connectivity index (χ0n) is 10.3. The van der Waals surface area contributed by atoms with Crippen LogP contribution in [0.5, 0.6) is 0 Å². The molecule has 5 heteroatoms. The molecule has 0 atom stereocenters. The molecule has 0 aromatic rings. The van der Waals surface area contributed by atoms with Gasteiger partial charge in [0.1, 0.15) is 6.61 Å². The van der Waals surface area contributed by atoms with Crippen LogP contribution in [0.3, 0.4) is 0 Å². The van der Waals surface area contributed by atoms with Crippen molar-refractivity contribution in [3.8, 4) is 0 Å². The molecule has 5 nitrogen and oxygen atoms in total. The van der Waals surface area contributed by atoms with E-state index in [0.717, 1.165) is 13.0 Å². The van der Waals surface area contributed by atoms with Gasteiger partial charge in [0.15, 0.2) is 0 Å². The second kappa shape index (κ2) is 12.4. The molecule has 0 saturated carbocycles. The van der Waals surface area contributed by atoms with Gasteiger partial charge in [-0.15, -0.1) is 0 Å². The molecule has 96 valence electrons. The van der Waals surface area contributed by atoms with Gasteiger partial charge in [-0.1, -0.05) is 6.92 Å². The molecule has 0 aliphatic heterocycles. The van der Waals surface area contributed by atoms with E-state index in [2.05, 4.69) is 5.32 Å². The molecule has 0 saturated heterocycles. The van der Waals surface area contributed by atoms with E-state index in [1.165, 1.54) is 0 Å². The van der Waals surface area contributed by atoms with Crippen molar-refractivity contribution in [2.45, 2.75) is 20.3 Å². The van der Waals surface area contributed by atoms with Crippen molar-refractivity contribution in [3.05, 3.63) is 0 Å². The minimum atomic E-state index is -0.116. The van der Waals surface area contributed by atoms with Crippen LogP contribution < -0.4 is 5.32 Å². The van der Waals surface area contributed by atoms with Gasteiger partial charge in [-0.2, -0.15) is 0 Å². The van der Waals surface area contributed by atoms with E-state index < -0.39 is 0 Å². The minimum absolute atomic E-state index is 0.0849. The molecule has 1 amide bonds. The Labute approximate surface area is 97.4 Å². The van der Waals surface area contributed by atoms with Crippen molar-refractivity contribution < 1.29 is 19.0 Å². The largest absolute Gasteiger partial charge is 0.380 e. The lowest BCUT2D eigenvalue weighted by Crippen LogP contribution is -2.31. The first kappa shape index (κ1) is 15.3. The maximum atomic E-state index is 11.2. The topological polar surface area (TPSA) is 56.8 Å². The number of nitrogens with one attached hydrogen (secondary N) is 1. The van der Waals surface area contributed by atoms with Crippen LogP contribution in [-0.2, 0) is 19.0 Å². The molecule has 0 heterocycles. The van der Waals surface area contributed by atoms with Gasteiger partial charge >= 0.3 is 0 Å². The molecule has 0 unspecified atom stereocenters. The zero-order chi connectivity index (χ0) is 12.1. The molecule has 0 rings (SSSR count). The quantitative estimate of drug-likeness (QED) is 0.530. The number of carbonyl (C=O) groups is 1. The fraction of sp³-hybridized carbons (Fsp3) is 0.909. The first-order chi connectivity index (χ1) is 7.81. The van der Waals surface area contributed by atoms with Crippen LogP contribution in [0.4, 0.5) is 0 Å². The zero-order valence-corrected chi connectivity index (χ0v) is 10.3. The highest BCUT2D eigenvalue weighted by Crippen LogP contribution is 1.82. The average Bonchev–Trinajstić information content (AvgIpc) is 2.29. The van der Waals surface area contributed by atoms with Crippen LogP contribution in [0.25, 0.3) is 0 Å². The highest BCUT2D eigenvalue weighted by atomic mass is 16.5. The Morgan fingerprint density at radius 3 is 2.44 bits per heavy atom. The average molecular weight is 233 g/mol. The van der Waals surface area contributed by atoms with Crippen molar-refractivity contribution in [2.75, 3.05) is 46.2 Å². The Morgan fingerprint density at radius 2 is 1.75 bits per heavy atom. The number of hydrogen-bond acceptors (Lipinski definition) is 4. The lowest BCUT2D eigenvalue weighted by Gasteiger charge is -2.06. The molecule has 0 spiro atoms. The molecular formula is C11H23NO4. The molecule has 0 aliphatic carbocycles. The van der Waals surface area contributed by atoms with E-state index in [1.54, 1.807) is 0 Å². The van der Waals surface area contributed by atoms with Crippen molar-refractivity contribution in [2.24, 2.45) is 0 Å². The van der Waals surface area contributed by atoms with Crippen LogP contribution in [0.1, 0.15) is 20.3 Å². The summed E-state index contributed by atoms with van der Waals surface area (Å²) in [5.41, 5.74) is 0. The fourth-order valence-electron chi connectivity index (χ4n) is 0.987. The second-order valence-electron chi connectivity index (χ2n) is 3.21. The molecular weight excluding hydrogens is 210 g/mol. The number of carbonyl (C=O) groups excluding carboxylic acids is 1. The minimum Gasteiger partial charge on any atom is -0.380 e. The van der Waals surface area contributed by atoms with E-state index in [0.29, 0.717) is 33.0 Å². The number of ether oxygens (including phenoxy) is 3. The molecule has 0 radical (unpaired) electrons. The Kier molecular flexibility index (Phi) is 11.9. The lowest BCUT2D eigenvalue weighted by atomic mass is 10.5. The Balaban J connectivity index is 3.11. The maximum Gasteiger partial charge on any atom is 0.246 e. The van der Waals surface area contributed by atoms with E-state index >= 15 is 0 Å². The number of hydrogen-bond donors (Lipinski definition) is 1. The first-order valence-electron chi connectivity index (χ1n) is 5.81. The highest BCUT2D eigenvalue weighted by Gasteiger charge is 1.99. The Bertz CT molecular complexity index is 164. The summed E-state index contributed by atoms with van der Waals surface area (Å²) in [5.74, 6) is -0.116. The van der Waals surface area contributed by atoms with E-state index in [1.807, 2.05) is 13.8 Å². The lowest BCUT2D eigenvalue weighted by molar-refractivity contribution is -0.126. The Morgan fingerprint density at radius 1 is 1.00 bits per heavy atom. The molecule has 0 bridgehead atoms. The number of rotatable bonds is 11. The van der Waals surface area contributed by atoms with Gasteiger partial charge in [-0.25, -0.2) is 0 Å². The second-order valence-corrected chi connectivity index (χ2v) is 3.21. The smallest absolute Gasteiger partial charge is 0.246 e. The standard InChI is InChI=1S/C11H23NO4/c1-3-6-15-8-9-16-10-11(13)12-5-7-14-4-2/h3-10H2,1-2H3,(H,12,13). The third kappa shape index (κ3) is 11.4. The molecule has 0 aliphatic rings. The third-order valence-corrected chi connectivity index (χ3v) is 1.73. The molecule has 0 aromatic heterocycles. The van der Waals surface area contributed by atoms with Gasteiger partial charge in [-0.3, -0.25) is 4.79 Å². The van der Waals surface area contributed by atoms with Gasteiger partial charge in [0.05, 0.1) is 19.8 Å². The Hall–Kier alpha value is -0.650. The van der Waals surface area contributed by atoms with E-state index in [4.69, 9.17) is 14.2 Å². The fourth-order valence-corrected chi connectivity index (χ4v) is 0.987. The summed E-state index contributed by atoms with van der Waals surface area (Å²) in [7, 11) is 0. The highest BCUT2D eigenvalue weighted by molar-refractivity contribution is 5.77. The summed E-state index contributed by atoms with van der Waals surface area (Å²) in [5, 5.41) is 2.69. The first-order valence-corrected chi connectivity index (χ1v) is 5.81. The van der Waals surface area contributed by atoms with Crippen molar-refractivity contribution in [1.82, 2.24) is 5.32 Å². The van der Waals surface area contributed by atoms with Crippen LogP contribution >= 0.6 is 0 Å². The van der Waals surface area contributed by atoms with E-state index in [-0.39, 0.29) is 12.5 Å². The molecule has 1 N–H and O–H groups in total.